The number of benzene rings is 1. The maximum Gasteiger partial charge on any atom is 0.118 e. The van der Waals surface area contributed by atoms with Gasteiger partial charge in [-0.25, -0.2) is 0 Å². The molecule has 1 aromatic heterocycles. The molecule has 0 aliphatic heterocycles. The van der Waals surface area contributed by atoms with E-state index in [1.807, 2.05) is 23.0 Å². The van der Waals surface area contributed by atoms with Crippen LogP contribution >= 0.6 is 0 Å². The molecule has 2 rings (SSSR count). The molecule has 0 saturated heterocycles. The molecule has 0 aliphatic rings. The van der Waals surface area contributed by atoms with Crippen LogP contribution in [-0.2, 0) is 6.42 Å². The first-order chi connectivity index (χ1) is 10.1. The summed E-state index contributed by atoms with van der Waals surface area (Å²) in [6, 6.07) is 8.97. The number of aromatic nitrogens is 2. The smallest absolute Gasteiger partial charge is 0.118 e. The summed E-state index contributed by atoms with van der Waals surface area (Å²) in [5.74, 6) is 0.905. The van der Waals surface area contributed by atoms with Crippen LogP contribution in [0.3, 0.4) is 0 Å². The first-order valence-corrected chi connectivity index (χ1v) is 7.47. The third-order valence-electron chi connectivity index (χ3n) is 3.91. The summed E-state index contributed by atoms with van der Waals surface area (Å²) in [5.41, 5.74) is 2.52. The van der Waals surface area contributed by atoms with Gasteiger partial charge in [0.2, 0.25) is 0 Å². The van der Waals surface area contributed by atoms with E-state index in [9.17, 15) is 0 Å². The molecule has 2 aromatic rings. The van der Waals surface area contributed by atoms with Crippen molar-refractivity contribution in [3.05, 3.63) is 47.8 Å². The van der Waals surface area contributed by atoms with Crippen LogP contribution in [0.2, 0.25) is 0 Å². The molecule has 1 N–H and O–H groups in total. The Labute approximate surface area is 127 Å². The molecule has 21 heavy (non-hydrogen) atoms. The monoisotopic (exact) mass is 287 g/mol. The maximum absolute atomic E-state index is 5.17. The Bertz CT molecular complexity index is 547. The van der Waals surface area contributed by atoms with E-state index in [0.717, 1.165) is 18.7 Å². The van der Waals surface area contributed by atoms with Crippen LogP contribution in [-0.4, -0.2) is 29.5 Å². The van der Waals surface area contributed by atoms with Crippen molar-refractivity contribution in [1.29, 1.82) is 0 Å². The van der Waals surface area contributed by atoms with E-state index < -0.39 is 0 Å². The van der Waals surface area contributed by atoms with Gasteiger partial charge in [-0.15, -0.1) is 0 Å². The number of hydrogen-bond donors (Lipinski definition) is 1. The number of hydrogen-bond acceptors (Lipinski definition) is 3. The predicted octanol–water partition coefficient (Wildman–Crippen LogP) is 2.98. The SMILES string of the molecule is COc1ccc(CCNC(C)C(C)n2cc(C)cn2)cc1. The lowest BCUT2D eigenvalue weighted by atomic mass is 10.1. The second kappa shape index (κ2) is 7.27. The lowest BCUT2D eigenvalue weighted by molar-refractivity contribution is 0.368. The van der Waals surface area contributed by atoms with Crippen molar-refractivity contribution in [2.75, 3.05) is 13.7 Å². The number of methoxy groups -OCH3 is 1. The zero-order chi connectivity index (χ0) is 15.2. The molecule has 0 bridgehead atoms. The second-order valence-electron chi connectivity index (χ2n) is 5.58. The fourth-order valence-electron chi connectivity index (χ4n) is 2.29. The van der Waals surface area contributed by atoms with Gasteiger partial charge in [-0.3, -0.25) is 4.68 Å². The van der Waals surface area contributed by atoms with Gasteiger partial charge in [0.15, 0.2) is 0 Å². The highest BCUT2D eigenvalue weighted by Gasteiger charge is 2.13. The second-order valence-corrected chi connectivity index (χ2v) is 5.58. The first-order valence-electron chi connectivity index (χ1n) is 7.47. The van der Waals surface area contributed by atoms with Crippen molar-refractivity contribution in [3.63, 3.8) is 0 Å². The molecular formula is C17H25N3O. The summed E-state index contributed by atoms with van der Waals surface area (Å²) in [4.78, 5) is 0. The molecular weight excluding hydrogens is 262 g/mol. The summed E-state index contributed by atoms with van der Waals surface area (Å²) in [6.07, 6.45) is 5.01. The minimum absolute atomic E-state index is 0.342. The molecule has 0 amide bonds. The maximum atomic E-state index is 5.17. The van der Waals surface area contributed by atoms with E-state index in [1.54, 1.807) is 7.11 Å². The quantitative estimate of drug-likeness (QED) is 0.851. The molecule has 1 aromatic carbocycles. The predicted molar refractivity (Wildman–Crippen MR) is 85.8 cm³/mol. The summed E-state index contributed by atoms with van der Waals surface area (Å²) >= 11 is 0. The van der Waals surface area contributed by atoms with Crippen LogP contribution in [0.5, 0.6) is 5.75 Å². The molecule has 1 heterocycles. The van der Waals surface area contributed by atoms with E-state index in [1.165, 1.54) is 11.1 Å². The third kappa shape index (κ3) is 4.33. The highest BCUT2D eigenvalue weighted by atomic mass is 16.5. The van der Waals surface area contributed by atoms with E-state index in [0.29, 0.717) is 12.1 Å². The molecule has 114 valence electrons. The van der Waals surface area contributed by atoms with E-state index >= 15 is 0 Å². The van der Waals surface area contributed by atoms with Gasteiger partial charge in [0, 0.05) is 12.2 Å². The highest BCUT2D eigenvalue weighted by Crippen LogP contribution is 2.13. The lowest BCUT2D eigenvalue weighted by Crippen LogP contribution is -2.35. The van der Waals surface area contributed by atoms with Crippen LogP contribution in [0.25, 0.3) is 0 Å². The summed E-state index contributed by atoms with van der Waals surface area (Å²) in [7, 11) is 1.69. The number of aryl methyl sites for hydroxylation is 1. The summed E-state index contributed by atoms with van der Waals surface area (Å²) < 4.78 is 7.20. The largest absolute Gasteiger partial charge is 0.497 e. The zero-order valence-corrected chi connectivity index (χ0v) is 13.3. The van der Waals surface area contributed by atoms with Crippen molar-refractivity contribution in [2.24, 2.45) is 0 Å². The van der Waals surface area contributed by atoms with Gasteiger partial charge in [0.05, 0.1) is 19.3 Å². The Morgan fingerprint density at radius 2 is 1.95 bits per heavy atom. The van der Waals surface area contributed by atoms with Crippen LogP contribution in [0, 0.1) is 6.92 Å². The Balaban J connectivity index is 1.79. The van der Waals surface area contributed by atoms with Crippen LogP contribution in [0.15, 0.2) is 36.7 Å². The Morgan fingerprint density at radius 1 is 1.24 bits per heavy atom. The van der Waals surface area contributed by atoms with Crippen LogP contribution in [0.1, 0.15) is 31.0 Å². The number of ether oxygens (including phenoxy) is 1. The standard InChI is InChI=1S/C17H25N3O/c1-13-11-19-20(12-13)15(3)14(2)18-10-9-16-5-7-17(21-4)8-6-16/h5-8,11-12,14-15,18H,9-10H2,1-4H3. The minimum atomic E-state index is 0.342. The van der Waals surface area contributed by atoms with E-state index in [-0.39, 0.29) is 0 Å². The Morgan fingerprint density at radius 3 is 2.52 bits per heavy atom. The topological polar surface area (TPSA) is 39.1 Å². The molecule has 4 heteroatoms. The van der Waals surface area contributed by atoms with Gasteiger partial charge in [-0.05, 0) is 57.0 Å². The highest BCUT2D eigenvalue weighted by molar-refractivity contribution is 5.27. The average Bonchev–Trinajstić information content (AvgIpc) is 2.93. The zero-order valence-electron chi connectivity index (χ0n) is 13.3. The lowest BCUT2D eigenvalue weighted by Gasteiger charge is -2.21. The summed E-state index contributed by atoms with van der Waals surface area (Å²) in [6.45, 7) is 7.42. The number of nitrogens with zero attached hydrogens (tertiary/aromatic N) is 2. The molecule has 0 fully saturated rings. The molecule has 4 nitrogen and oxygen atoms in total. The van der Waals surface area contributed by atoms with E-state index in [2.05, 4.69) is 49.5 Å². The first kappa shape index (κ1) is 15.6. The number of rotatable bonds is 7. The molecule has 0 radical (unpaired) electrons. The van der Waals surface area contributed by atoms with Crippen molar-refractivity contribution < 1.29 is 4.74 Å². The van der Waals surface area contributed by atoms with Crippen LogP contribution in [0.4, 0.5) is 0 Å². The fourth-order valence-corrected chi connectivity index (χ4v) is 2.29. The molecule has 0 aliphatic carbocycles. The van der Waals surface area contributed by atoms with Gasteiger partial charge in [0.1, 0.15) is 5.75 Å². The Hall–Kier alpha value is -1.81. The van der Waals surface area contributed by atoms with Gasteiger partial charge in [-0.1, -0.05) is 12.1 Å². The van der Waals surface area contributed by atoms with Gasteiger partial charge < -0.3 is 10.1 Å². The van der Waals surface area contributed by atoms with E-state index in [4.69, 9.17) is 4.74 Å². The molecule has 0 spiro atoms. The fraction of sp³-hybridized carbons (Fsp3) is 0.471. The van der Waals surface area contributed by atoms with Crippen molar-refractivity contribution in [1.82, 2.24) is 15.1 Å². The molecule has 2 atom stereocenters. The number of nitrogens with one attached hydrogen (secondary N) is 1. The molecule has 0 saturated carbocycles. The van der Waals surface area contributed by atoms with Crippen molar-refractivity contribution >= 4 is 0 Å². The normalized spacial score (nSPS) is 13.9. The minimum Gasteiger partial charge on any atom is -0.497 e. The van der Waals surface area contributed by atoms with Crippen LogP contribution < -0.4 is 10.1 Å². The summed E-state index contributed by atoms with van der Waals surface area (Å²) in [5, 5.41) is 7.96. The van der Waals surface area contributed by atoms with Gasteiger partial charge in [0.25, 0.3) is 0 Å². The Kier molecular flexibility index (Phi) is 5.39. The van der Waals surface area contributed by atoms with Gasteiger partial charge >= 0.3 is 0 Å². The van der Waals surface area contributed by atoms with Crippen molar-refractivity contribution in [2.45, 2.75) is 39.3 Å². The van der Waals surface area contributed by atoms with Crippen molar-refractivity contribution in [3.8, 4) is 5.75 Å². The average molecular weight is 287 g/mol. The third-order valence-corrected chi connectivity index (χ3v) is 3.91. The van der Waals surface area contributed by atoms with Gasteiger partial charge in [-0.2, -0.15) is 5.10 Å². The molecule has 2 unspecified atom stereocenters.